The maximum atomic E-state index is 11.3. The lowest BCUT2D eigenvalue weighted by atomic mass is 10.3. The molecule has 2 N–H and O–H groups in total. The molecule has 2 amide bonds. The van der Waals surface area contributed by atoms with Crippen LogP contribution in [0.2, 0.25) is 5.02 Å². The second-order valence-electron chi connectivity index (χ2n) is 4.45. The Morgan fingerprint density at radius 3 is 2.95 bits per heavy atom. The molecule has 4 nitrogen and oxygen atoms in total. The highest BCUT2D eigenvalue weighted by molar-refractivity contribution is 9.10. The van der Waals surface area contributed by atoms with E-state index in [0.717, 1.165) is 23.7 Å². The fourth-order valence-corrected chi connectivity index (χ4v) is 2.24. The van der Waals surface area contributed by atoms with Crippen LogP contribution in [0.15, 0.2) is 22.7 Å². The number of hydrogen-bond donors (Lipinski definition) is 2. The first-order valence-electron chi connectivity index (χ1n) is 6.27. The van der Waals surface area contributed by atoms with Gasteiger partial charge in [0.05, 0.1) is 11.6 Å². The van der Waals surface area contributed by atoms with E-state index in [2.05, 4.69) is 26.6 Å². The predicted molar refractivity (Wildman–Crippen MR) is 78.8 cm³/mol. The lowest BCUT2D eigenvalue weighted by Crippen LogP contribution is -2.37. The van der Waals surface area contributed by atoms with E-state index in [1.54, 1.807) is 6.07 Å². The average Bonchev–Trinajstić information content (AvgIpc) is 3.15. The zero-order valence-electron chi connectivity index (χ0n) is 10.4. The fraction of sp³-hybridized carbons (Fsp3) is 0.462. The minimum atomic E-state index is -0.0934. The molecule has 1 aromatic carbocycles. The summed E-state index contributed by atoms with van der Waals surface area (Å²) in [5.74, 6) is 0.660. The molecule has 1 fully saturated rings. The second-order valence-corrected chi connectivity index (χ2v) is 5.77. The maximum Gasteiger partial charge on any atom is 0.315 e. The molecule has 1 aliphatic carbocycles. The van der Waals surface area contributed by atoms with Gasteiger partial charge in [0.1, 0.15) is 5.75 Å². The van der Waals surface area contributed by atoms with Gasteiger partial charge in [-0.3, -0.25) is 0 Å². The molecule has 0 aliphatic heterocycles. The summed E-state index contributed by atoms with van der Waals surface area (Å²) in [5, 5.41) is 6.23. The lowest BCUT2D eigenvalue weighted by molar-refractivity contribution is 0.238. The van der Waals surface area contributed by atoms with Gasteiger partial charge in [-0.2, -0.15) is 0 Å². The van der Waals surface area contributed by atoms with E-state index >= 15 is 0 Å². The van der Waals surface area contributed by atoms with Crippen molar-refractivity contribution in [3.8, 4) is 5.75 Å². The first kappa shape index (κ1) is 14.5. The summed E-state index contributed by atoms with van der Waals surface area (Å²) in [7, 11) is 0. The summed E-state index contributed by atoms with van der Waals surface area (Å²) < 4.78 is 6.46. The zero-order valence-corrected chi connectivity index (χ0v) is 12.8. The number of amides is 2. The number of nitrogens with one attached hydrogen (secondary N) is 2. The molecule has 0 aromatic heterocycles. The Bertz CT molecular complexity index is 452. The summed E-state index contributed by atoms with van der Waals surface area (Å²) >= 11 is 9.36. The lowest BCUT2D eigenvalue weighted by Gasteiger charge is -2.09. The van der Waals surface area contributed by atoms with Crippen molar-refractivity contribution in [2.75, 3.05) is 13.2 Å². The van der Waals surface area contributed by atoms with Crippen LogP contribution in [0.3, 0.4) is 0 Å². The summed E-state index contributed by atoms with van der Waals surface area (Å²) in [6.45, 7) is 1.11. The second kappa shape index (κ2) is 7.01. The molecule has 0 bridgehead atoms. The predicted octanol–water partition coefficient (Wildman–Crippen LogP) is 3.33. The Labute approximate surface area is 126 Å². The molecule has 1 saturated carbocycles. The van der Waals surface area contributed by atoms with Crippen LogP contribution in [0.4, 0.5) is 4.79 Å². The van der Waals surface area contributed by atoms with E-state index in [1.165, 1.54) is 0 Å². The van der Waals surface area contributed by atoms with Gasteiger partial charge in [-0.15, -0.1) is 0 Å². The molecule has 19 heavy (non-hydrogen) atoms. The van der Waals surface area contributed by atoms with Crippen LogP contribution in [0.5, 0.6) is 5.75 Å². The van der Waals surface area contributed by atoms with Crippen LogP contribution in [0.1, 0.15) is 19.3 Å². The van der Waals surface area contributed by atoms with Crippen molar-refractivity contribution >= 4 is 33.6 Å². The van der Waals surface area contributed by atoms with Crippen LogP contribution in [-0.4, -0.2) is 25.2 Å². The van der Waals surface area contributed by atoms with Crippen molar-refractivity contribution in [2.45, 2.75) is 25.3 Å². The van der Waals surface area contributed by atoms with E-state index in [1.807, 2.05) is 12.1 Å². The average molecular weight is 348 g/mol. The monoisotopic (exact) mass is 346 g/mol. The molecule has 2 rings (SSSR count). The number of carbonyl (C=O) groups excluding carboxylic acids is 1. The molecule has 0 atom stereocenters. The Kier molecular flexibility index (Phi) is 5.34. The van der Waals surface area contributed by atoms with Gasteiger partial charge in [0.15, 0.2) is 0 Å². The van der Waals surface area contributed by atoms with Gasteiger partial charge in [0, 0.05) is 17.1 Å². The summed E-state index contributed by atoms with van der Waals surface area (Å²) in [4.78, 5) is 11.3. The van der Waals surface area contributed by atoms with E-state index < -0.39 is 0 Å². The third kappa shape index (κ3) is 5.28. The van der Waals surface area contributed by atoms with Crippen LogP contribution >= 0.6 is 27.5 Å². The largest absolute Gasteiger partial charge is 0.492 e. The minimum Gasteiger partial charge on any atom is -0.492 e. The number of carbonyl (C=O) groups is 1. The third-order valence-electron chi connectivity index (χ3n) is 2.67. The van der Waals surface area contributed by atoms with Crippen LogP contribution in [-0.2, 0) is 0 Å². The molecule has 0 saturated heterocycles. The minimum absolute atomic E-state index is 0.0934. The molecule has 0 unspecified atom stereocenters. The molecule has 0 radical (unpaired) electrons. The Morgan fingerprint density at radius 2 is 2.26 bits per heavy atom. The topological polar surface area (TPSA) is 50.4 Å². The summed E-state index contributed by atoms with van der Waals surface area (Å²) in [6.07, 6.45) is 2.93. The summed E-state index contributed by atoms with van der Waals surface area (Å²) in [5.41, 5.74) is 0. The van der Waals surface area contributed by atoms with Crippen molar-refractivity contribution in [3.05, 3.63) is 27.7 Å². The van der Waals surface area contributed by atoms with Gasteiger partial charge < -0.3 is 15.4 Å². The molecule has 1 aliphatic rings. The normalized spacial score (nSPS) is 14.0. The first-order valence-corrected chi connectivity index (χ1v) is 7.44. The molecule has 6 heteroatoms. The standard InChI is InChI=1S/C13H16BrClN2O2/c14-9-2-5-12(11(15)8-9)19-7-1-6-16-13(18)17-10-3-4-10/h2,5,8,10H,1,3-4,6-7H2,(H2,16,17,18). The fourth-order valence-electron chi connectivity index (χ4n) is 1.51. The van der Waals surface area contributed by atoms with Crippen molar-refractivity contribution in [1.29, 1.82) is 0 Å². The number of ether oxygens (including phenoxy) is 1. The van der Waals surface area contributed by atoms with Gasteiger partial charge in [0.2, 0.25) is 0 Å². The van der Waals surface area contributed by atoms with E-state index in [4.69, 9.17) is 16.3 Å². The molecular weight excluding hydrogens is 332 g/mol. The molecular formula is C13H16BrClN2O2. The molecule has 0 spiro atoms. The smallest absolute Gasteiger partial charge is 0.315 e. The van der Waals surface area contributed by atoms with E-state index in [0.29, 0.717) is 30.0 Å². The van der Waals surface area contributed by atoms with E-state index in [-0.39, 0.29) is 6.03 Å². The number of hydrogen-bond acceptors (Lipinski definition) is 2. The van der Waals surface area contributed by atoms with Crippen LogP contribution < -0.4 is 15.4 Å². The number of urea groups is 1. The van der Waals surface area contributed by atoms with Crippen molar-refractivity contribution in [2.24, 2.45) is 0 Å². The van der Waals surface area contributed by atoms with Crippen molar-refractivity contribution < 1.29 is 9.53 Å². The Morgan fingerprint density at radius 1 is 1.47 bits per heavy atom. The van der Waals surface area contributed by atoms with Gasteiger partial charge in [-0.05, 0) is 37.5 Å². The Balaban J connectivity index is 1.59. The van der Waals surface area contributed by atoms with E-state index in [9.17, 15) is 4.79 Å². The first-order chi connectivity index (χ1) is 9.15. The van der Waals surface area contributed by atoms with Gasteiger partial charge >= 0.3 is 6.03 Å². The molecule has 1 aromatic rings. The van der Waals surface area contributed by atoms with Crippen LogP contribution in [0.25, 0.3) is 0 Å². The Hall–Kier alpha value is -0.940. The van der Waals surface area contributed by atoms with Crippen LogP contribution in [0, 0.1) is 0 Å². The molecule has 0 heterocycles. The molecule has 104 valence electrons. The van der Waals surface area contributed by atoms with Gasteiger partial charge in [-0.25, -0.2) is 4.79 Å². The highest BCUT2D eigenvalue weighted by atomic mass is 79.9. The number of rotatable bonds is 6. The number of halogens is 2. The third-order valence-corrected chi connectivity index (χ3v) is 3.46. The zero-order chi connectivity index (χ0) is 13.7. The SMILES string of the molecule is O=C(NCCCOc1ccc(Br)cc1Cl)NC1CC1. The van der Waals surface area contributed by atoms with Crippen molar-refractivity contribution in [1.82, 2.24) is 10.6 Å². The van der Waals surface area contributed by atoms with Gasteiger partial charge in [-0.1, -0.05) is 27.5 Å². The van der Waals surface area contributed by atoms with Crippen molar-refractivity contribution in [3.63, 3.8) is 0 Å². The summed E-state index contributed by atoms with van der Waals surface area (Å²) in [6, 6.07) is 5.78. The highest BCUT2D eigenvalue weighted by Crippen LogP contribution is 2.27. The number of benzene rings is 1. The van der Waals surface area contributed by atoms with Gasteiger partial charge in [0.25, 0.3) is 0 Å². The highest BCUT2D eigenvalue weighted by Gasteiger charge is 2.22. The quantitative estimate of drug-likeness (QED) is 0.776. The maximum absolute atomic E-state index is 11.3.